The number of nitrogens with one attached hydrogen (secondary N) is 1. The van der Waals surface area contributed by atoms with Crippen LogP contribution in [-0.4, -0.2) is 83.9 Å². The Morgan fingerprint density at radius 2 is 2.06 bits per heavy atom. The van der Waals surface area contributed by atoms with E-state index in [1.54, 1.807) is 0 Å². The predicted molar refractivity (Wildman–Crippen MR) is 120 cm³/mol. The molecule has 9 nitrogen and oxygen atoms in total. The van der Waals surface area contributed by atoms with Crippen LogP contribution in [0, 0.1) is 6.92 Å². The Morgan fingerprint density at radius 1 is 1.23 bits per heavy atom. The lowest BCUT2D eigenvalue weighted by Gasteiger charge is -2.35. The van der Waals surface area contributed by atoms with Crippen molar-refractivity contribution >= 4 is 5.96 Å². The summed E-state index contributed by atoms with van der Waals surface area (Å²) in [5, 5.41) is 11.9. The topological polar surface area (TPSA) is 86.0 Å². The van der Waals surface area contributed by atoms with Crippen molar-refractivity contribution in [2.24, 2.45) is 12.0 Å². The highest BCUT2D eigenvalue weighted by Crippen LogP contribution is 2.18. The number of guanidine groups is 1. The fraction of sp³-hybridized carbons (Fsp3) is 0.864. The molecule has 2 saturated heterocycles. The maximum absolute atomic E-state index is 6.17. The normalized spacial score (nSPS) is 20.9. The summed E-state index contributed by atoms with van der Waals surface area (Å²) >= 11 is 0. The molecule has 1 N–H and O–H groups in total. The van der Waals surface area contributed by atoms with Crippen LogP contribution in [0.4, 0.5) is 0 Å². The smallest absolute Gasteiger partial charge is 0.194 e. The molecule has 1 atom stereocenters. The molecule has 0 amide bonds. The van der Waals surface area contributed by atoms with E-state index in [1.807, 2.05) is 25.5 Å². The average molecular weight is 437 g/mol. The zero-order chi connectivity index (χ0) is 21.9. The lowest BCUT2D eigenvalue weighted by atomic mass is 10.1. The van der Waals surface area contributed by atoms with E-state index in [0.717, 1.165) is 89.4 Å². The second-order valence-corrected chi connectivity index (χ2v) is 8.35. The van der Waals surface area contributed by atoms with Gasteiger partial charge in [0.1, 0.15) is 12.4 Å². The summed E-state index contributed by atoms with van der Waals surface area (Å²) in [6.07, 6.45) is 7.13. The fourth-order valence-corrected chi connectivity index (χ4v) is 3.94. The monoisotopic (exact) mass is 436 g/mol. The van der Waals surface area contributed by atoms with Crippen molar-refractivity contribution in [2.45, 2.75) is 71.1 Å². The maximum Gasteiger partial charge on any atom is 0.194 e. The number of likely N-dealkylation sites (tertiary alicyclic amines) is 1. The molecule has 0 saturated carbocycles. The van der Waals surface area contributed by atoms with Crippen LogP contribution in [0.3, 0.4) is 0 Å². The van der Waals surface area contributed by atoms with Crippen LogP contribution >= 0.6 is 0 Å². The number of hydrogen-bond acceptors (Lipinski definition) is 6. The van der Waals surface area contributed by atoms with Gasteiger partial charge in [-0.15, -0.1) is 10.2 Å². The number of ether oxygens (including phenoxy) is 3. The van der Waals surface area contributed by atoms with E-state index >= 15 is 0 Å². The van der Waals surface area contributed by atoms with Gasteiger partial charge < -0.3 is 29.0 Å². The van der Waals surface area contributed by atoms with E-state index in [2.05, 4.69) is 20.4 Å². The zero-order valence-electron chi connectivity index (χ0n) is 19.5. The molecule has 3 rings (SSSR count). The van der Waals surface area contributed by atoms with E-state index in [9.17, 15) is 0 Å². The molecule has 2 fully saturated rings. The molecule has 1 aromatic rings. The van der Waals surface area contributed by atoms with Crippen LogP contribution in [0.15, 0.2) is 4.99 Å². The van der Waals surface area contributed by atoms with Gasteiger partial charge in [0, 0.05) is 46.5 Å². The number of aromatic nitrogens is 3. The van der Waals surface area contributed by atoms with Crippen LogP contribution < -0.4 is 5.32 Å². The number of rotatable bonds is 10. The van der Waals surface area contributed by atoms with E-state index in [-0.39, 0.29) is 6.10 Å². The number of hydrogen-bond donors (Lipinski definition) is 1. The van der Waals surface area contributed by atoms with Crippen molar-refractivity contribution in [3.05, 3.63) is 11.6 Å². The minimum atomic E-state index is 0.283. The van der Waals surface area contributed by atoms with E-state index in [0.29, 0.717) is 12.6 Å². The number of nitrogens with zero attached hydrogens (tertiary/aromatic N) is 5. The van der Waals surface area contributed by atoms with Gasteiger partial charge in [-0.05, 0) is 52.4 Å². The summed E-state index contributed by atoms with van der Waals surface area (Å²) in [5.41, 5.74) is 0. The summed E-state index contributed by atoms with van der Waals surface area (Å²) < 4.78 is 19.4. The first-order valence-electron chi connectivity index (χ1n) is 11.9. The Morgan fingerprint density at radius 3 is 2.74 bits per heavy atom. The third-order valence-electron chi connectivity index (χ3n) is 6.04. The van der Waals surface area contributed by atoms with E-state index in [1.165, 1.54) is 12.8 Å². The van der Waals surface area contributed by atoms with E-state index < -0.39 is 0 Å². The number of aliphatic imine (C=N–C) groups is 1. The standard InChI is InChI=1S/C22H40N6O3/c1-4-29-14-7-11-23-22(24-16-21-26-25-18(2)27(21)3)28-12-9-19(10-13-28)31-17-20-8-5-6-15-30-20/h19-20H,4-17H2,1-3H3,(H,23,24). The SMILES string of the molecule is CCOCCCNC(=NCc1nnc(C)n1C)N1CCC(OCC2CCCCO2)CC1. The number of aryl methyl sites for hydroxylation is 1. The molecule has 9 heteroatoms. The molecule has 3 heterocycles. The van der Waals surface area contributed by atoms with Crippen molar-refractivity contribution in [2.75, 3.05) is 46.1 Å². The Hall–Kier alpha value is -1.71. The summed E-state index contributed by atoms with van der Waals surface area (Å²) in [4.78, 5) is 7.19. The fourth-order valence-electron chi connectivity index (χ4n) is 3.94. The molecular formula is C22H40N6O3. The number of piperidine rings is 1. The molecule has 176 valence electrons. The summed E-state index contributed by atoms with van der Waals surface area (Å²) in [7, 11) is 1.98. The minimum Gasteiger partial charge on any atom is -0.382 e. The lowest BCUT2D eigenvalue weighted by molar-refractivity contribution is -0.0721. The van der Waals surface area contributed by atoms with Gasteiger partial charge in [0.05, 0.1) is 18.8 Å². The second-order valence-electron chi connectivity index (χ2n) is 8.35. The Bertz CT molecular complexity index is 666. The average Bonchev–Trinajstić information content (AvgIpc) is 3.13. The highest BCUT2D eigenvalue weighted by Gasteiger charge is 2.24. The van der Waals surface area contributed by atoms with Crippen LogP contribution in [-0.2, 0) is 27.8 Å². The van der Waals surface area contributed by atoms with Gasteiger partial charge in [-0.3, -0.25) is 0 Å². The van der Waals surface area contributed by atoms with Crippen molar-refractivity contribution in [1.82, 2.24) is 25.0 Å². The molecule has 1 aromatic heterocycles. The van der Waals surface area contributed by atoms with Gasteiger partial charge in [0.2, 0.25) is 0 Å². The Kier molecular flexibility index (Phi) is 10.0. The summed E-state index contributed by atoms with van der Waals surface area (Å²) in [6, 6.07) is 0. The summed E-state index contributed by atoms with van der Waals surface area (Å²) in [6.45, 7) is 10.3. The van der Waals surface area contributed by atoms with Gasteiger partial charge >= 0.3 is 0 Å². The molecule has 31 heavy (non-hydrogen) atoms. The van der Waals surface area contributed by atoms with Gasteiger partial charge in [-0.2, -0.15) is 0 Å². The zero-order valence-corrected chi connectivity index (χ0v) is 19.5. The van der Waals surface area contributed by atoms with Crippen LogP contribution in [0.5, 0.6) is 0 Å². The Labute approximate surface area is 186 Å². The van der Waals surface area contributed by atoms with E-state index in [4.69, 9.17) is 19.2 Å². The summed E-state index contributed by atoms with van der Waals surface area (Å²) in [5.74, 6) is 2.71. The molecule has 0 spiro atoms. The second kappa shape index (κ2) is 13.0. The first kappa shape index (κ1) is 23.9. The highest BCUT2D eigenvalue weighted by atomic mass is 16.5. The van der Waals surface area contributed by atoms with Gasteiger partial charge in [0.25, 0.3) is 0 Å². The Balaban J connectivity index is 1.49. The van der Waals surface area contributed by atoms with Gasteiger partial charge in [0.15, 0.2) is 11.8 Å². The van der Waals surface area contributed by atoms with Crippen LogP contribution in [0.2, 0.25) is 0 Å². The molecule has 0 aromatic carbocycles. The van der Waals surface area contributed by atoms with Crippen LogP contribution in [0.25, 0.3) is 0 Å². The molecule has 0 aliphatic carbocycles. The molecule has 2 aliphatic rings. The van der Waals surface area contributed by atoms with Crippen molar-refractivity contribution in [3.8, 4) is 0 Å². The molecular weight excluding hydrogens is 396 g/mol. The maximum atomic E-state index is 6.17. The molecule has 2 aliphatic heterocycles. The largest absolute Gasteiger partial charge is 0.382 e. The first-order chi connectivity index (χ1) is 15.2. The van der Waals surface area contributed by atoms with Gasteiger partial charge in [-0.1, -0.05) is 0 Å². The minimum absolute atomic E-state index is 0.283. The highest BCUT2D eigenvalue weighted by molar-refractivity contribution is 5.80. The third-order valence-corrected chi connectivity index (χ3v) is 6.04. The molecule has 1 unspecified atom stereocenters. The third kappa shape index (κ3) is 7.73. The quantitative estimate of drug-likeness (QED) is 0.341. The van der Waals surface area contributed by atoms with Crippen LogP contribution in [0.1, 0.15) is 57.1 Å². The van der Waals surface area contributed by atoms with Crippen molar-refractivity contribution < 1.29 is 14.2 Å². The van der Waals surface area contributed by atoms with Crippen molar-refractivity contribution in [3.63, 3.8) is 0 Å². The predicted octanol–water partition coefficient (Wildman–Crippen LogP) is 2.05. The van der Waals surface area contributed by atoms with Crippen molar-refractivity contribution in [1.29, 1.82) is 0 Å². The first-order valence-corrected chi connectivity index (χ1v) is 11.9. The lowest BCUT2D eigenvalue weighted by Crippen LogP contribution is -2.47. The van der Waals surface area contributed by atoms with Gasteiger partial charge in [-0.25, -0.2) is 4.99 Å². The molecule has 0 bridgehead atoms. The molecule has 0 radical (unpaired) electrons.